The Bertz CT molecular complexity index is 489. The van der Waals surface area contributed by atoms with Crippen LogP contribution in [0.5, 0.6) is 0 Å². The molecule has 2 aromatic rings. The van der Waals surface area contributed by atoms with Crippen LogP contribution in [0, 0.1) is 0 Å². The van der Waals surface area contributed by atoms with E-state index in [-0.39, 0.29) is 12.1 Å². The molecule has 2 N–H and O–H groups in total. The molecule has 17 heavy (non-hydrogen) atoms. The first-order valence-corrected chi connectivity index (χ1v) is 5.88. The van der Waals surface area contributed by atoms with Crippen LogP contribution < -0.4 is 5.73 Å². The number of nitrogens with two attached hydrogens (primary N) is 1. The molecule has 1 atom stereocenters. The molecule has 1 unspecified atom stereocenters. The summed E-state index contributed by atoms with van der Waals surface area (Å²) in [6.07, 6.45) is 3.36. The highest BCUT2D eigenvalue weighted by molar-refractivity contribution is 6.30. The molecule has 2 aromatic heterocycles. The molecule has 5 heteroatoms. The van der Waals surface area contributed by atoms with Gasteiger partial charge in [-0.2, -0.15) is 5.10 Å². The molecule has 90 valence electrons. The summed E-state index contributed by atoms with van der Waals surface area (Å²) in [5.41, 5.74) is 7.93. The second-order valence-corrected chi connectivity index (χ2v) is 4.61. The van der Waals surface area contributed by atoms with Gasteiger partial charge in [-0.1, -0.05) is 11.6 Å². The fourth-order valence-corrected chi connectivity index (χ4v) is 1.84. The van der Waals surface area contributed by atoms with E-state index in [1.165, 1.54) is 0 Å². The number of hydrogen-bond donors (Lipinski definition) is 1. The lowest BCUT2D eigenvalue weighted by atomic mass is 10.1. The quantitative estimate of drug-likeness (QED) is 0.911. The SMILES string of the molecule is CC(C)n1nccc1C(N)c1ccc(Cl)cn1. The van der Waals surface area contributed by atoms with Crippen LogP contribution in [0.3, 0.4) is 0 Å². The van der Waals surface area contributed by atoms with Crippen molar-refractivity contribution in [3.63, 3.8) is 0 Å². The lowest BCUT2D eigenvalue weighted by Gasteiger charge is -2.16. The van der Waals surface area contributed by atoms with E-state index < -0.39 is 0 Å². The minimum absolute atomic E-state index is 0.276. The predicted octanol–water partition coefficient (Wildman–Crippen LogP) is 2.56. The lowest BCUT2D eigenvalue weighted by molar-refractivity contribution is 0.497. The maximum Gasteiger partial charge on any atom is 0.0897 e. The van der Waals surface area contributed by atoms with E-state index in [4.69, 9.17) is 17.3 Å². The molecule has 0 aliphatic carbocycles. The molecule has 0 spiro atoms. The smallest absolute Gasteiger partial charge is 0.0897 e. The van der Waals surface area contributed by atoms with Gasteiger partial charge in [0.1, 0.15) is 0 Å². The molecule has 0 saturated carbocycles. The average Bonchev–Trinajstić information content (AvgIpc) is 2.78. The van der Waals surface area contributed by atoms with Gasteiger partial charge in [0.25, 0.3) is 0 Å². The Hall–Kier alpha value is -1.39. The van der Waals surface area contributed by atoms with Gasteiger partial charge < -0.3 is 5.73 Å². The topological polar surface area (TPSA) is 56.7 Å². The number of hydrogen-bond acceptors (Lipinski definition) is 3. The summed E-state index contributed by atoms with van der Waals surface area (Å²) >= 11 is 5.80. The molecule has 0 fully saturated rings. The minimum Gasteiger partial charge on any atom is -0.318 e. The van der Waals surface area contributed by atoms with Crippen molar-refractivity contribution in [2.24, 2.45) is 5.73 Å². The second-order valence-electron chi connectivity index (χ2n) is 4.17. The van der Waals surface area contributed by atoms with Crippen molar-refractivity contribution in [3.8, 4) is 0 Å². The van der Waals surface area contributed by atoms with Crippen molar-refractivity contribution in [1.82, 2.24) is 14.8 Å². The molecule has 0 bridgehead atoms. The van der Waals surface area contributed by atoms with E-state index in [1.807, 2.05) is 16.8 Å². The van der Waals surface area contributed by atoms with Crippen LogP contribution in [0.15, 0.2) is 30.6 Å². The highest BCUT2D eigenvalue weighted by Crippen LogP contribution is 2.20. The van der Waals surface area contributed by atoms with Gasteiger partial charge in [0.05, 0.1) is 22.5 Å². The number of aromatic nitrogens is 3. The van der Waals surface area contributed by atoms with Crippen LogP contribution >= 0.6 is 11.6 Å². The van der Waals surface area contributed by atoms with Crippen LogP contribution in [0.1, 0.15) is 37.3 Å². The van der Waals surface area contributed by atoms with Crippen LogP contribution in [0.4, 0.5) is 0 Å². The standard InChI is InChI=1S/C12H15ClN4/c1-8(2)17-11(5-6-16-17)12(14)10-4-3-9(13)7-15-10/h3-8,12H,14H2,1-2H3. The van der Waals surface area contributed by atoms with E-state index in [1.54, 1.807) is 18.5 Å². The van der Waals surface area contributed by atoms with E-state index in [9.17, 15) is 0 Å². The van der Waals surface area contributed by atoms with Gasteiger partial charge in [0.15, 0.2) is 0 Å². The third-order valence-corrected chi connectivity index (χ3v) is 2.80. The normalized spacial score (nSPS) is 13.0. The zero-order chi connectivity index (χ0) is 12.4. The van der Waals surface area contributed by atoms with E-state index >= 15 is 0 Å². The van der Waals surface area contributed by atoms with E-state index in [0.29, 0.717) is 5.02 Å². The van der Waals surface area contributed by atoms with Crippen LogP contribution in [-0.2, 0) is 0 Å². The summed E-state index contributed by atoms with van der Waals surface area (Å²) in [5.74, 6) is 0. The molecular formula is C12H15ClN4. The van der Waals surface area contributed by atoms with Gasteiger partial charge in [-0.25, -0.2) is 0 Å². The Labute approximate surface area is 105 Å². The number of halogens is 1. The summed E-state index contributed by atoms with van der Waals surface area (Å²) in [5, 5.41) is 4.87. The molecule has 0 aliphatic heterocycles. The summed E-state index contributed by atoms with van der Waals surface area (Å²) in [6.45, 7) is 4.14. The molecule has 0 amide bonds. The lowest BCUT2D eigenvalue weighted by Crippen LogP contribution is -2.19. The van der Waals surface area contributed by atoms with Crippen molar-refractivity contribution >= 4 is 11.6 Å². The summed E-state index contributed by atoms with van der Waals surface area (Å²) < 4.78 is 1.90. The molecule has 0 saturated heterocycles. The summed E-state index contributed by atoms with van der Waals surface area (Å²) in [7, 11) is 0. The van der Waals surface area contributed by atoms with Gasteiger partial charge in [-0.05, 0) is 32.0 Å². The Morgan fingerprint density at radius 3 is 2.65 bits per heavy atom. The van der Waals surface area contributed by atoms with E-state index in [2.05, 4.69) is 23.9 Å². The highest BCUT2D eigenvalue weighted by Gasteiger charge is 2.16. The first-order valence-electron chi connectivity index (χ1n) is 5.50. The number of pyridine rings is 1. The molecule has 4 nitrogen and oxygen atoms in total. The zero-order valence-electron chi connectivity index (χ0n) is 9.84. The Morgan fingerprint density at radius 1 is 1.29 bits per heavy atom. The van der Waals surface area contributed by atoms with E-state index in [0.717, 1.165) is 11.4 Å². The Morgan fingerprint density at radius 2 is 2.06 bits per heavy atom. The number of rotatable bonds is 3. The van der Waals surface area contributed by atoms with Gasteiger partial charge >= 0.3 is 0 Å². The number of nitrogens with zero attached hydrogens (tertiary/aromatic N) is 3. The van der Waals surface area contributed by atoms with Crippen molar-refractivity contribution in [2.45, 2.75) is 25.9 Å². The van der Waals surface area contributed by atoms with Gasteiger partial charge in [-0.15, -0.1) is 0 Å². The maximum atomic E-state index is 6.18. The van der Waals surface area contributed by atoms with Crippen molar-refractivity contribution in [3.05, 3.63) is 47.0 Å². The van der Waals surface area contributed by atoms with Gasteiger partial charge in [0.2, 0.25) is 0 Å². The third kappa shape index (κ3) is 2.48. The first kappa shape index (κ1) is 12.1. The summed E-state index contributed by atoms with van der Waals surface area (Å²) in [6, 6.07) is 5.54. The maximum absolute atomic E-state index is 6.18. The summed E-state index contributed by atoms with van der Waals surface area (Å²) in [4.78, 5) is 4.24. The largest absolute Gasteiger partial charge is 0.318 e. The zero-order valence-corrected chi connectivity index (χ0v) is 10.6. The molecule has 0 aliphatic rings. The monoisotopic (exact) mass is 250 g/mol. The van der Waals surface area contributed by atoms with Crippen LogP contribution in [0.2, 0.25) is 5.02 Å². The Balaban J connectivity index is 2.33. The highest BCUT2D eigenvalue weighted by atomic mass is 35.5. The van der Waals surface area contributed by atoms with Crippen LogP contribution in [0.25, 0.3) is 0 Å². The molecule has 0 radical (unpaired) electrons. The predicted molar refractivity (Wildman–Crippen MR) is 67.9 cm³/mol. The molecule has 0 aromatic carbocycles. The van der Waals surface area contributed by atoms with Crippen LogP contribution in [-0.4, -0.2) is 14.8 Å². The Kier molecular flexibility index (Phi) is 3.45. The fraction of sp³-hybridized carbons (Fsp3) is 0.333. The fourth-order valence-electron chi connectivity index (χ4n) is 1.72. The second kappa shape index (κ2) is 4.85. The first-order chi connectivity index (χ1) is 8.09. The third-order valence-electron chi connectivity index (χ3n) is 2.58. The average molecular weight is 251 g/mol. The molecular weight excluding hydrogens is 236 g/mol. The molecule has 2 heterocycles. The van der Waals surface area contributed by atoms with Crippen molar-refractivity contribution in [2.75, 3.05) is 0 Å². The van der Waals surface area contributed by atoms with Crippen molar-refractivity contribution < 1.29 is 0 Å². The van der Waals surface area contributed by atoms with Gasteiger partial charge in [-0.3, -0.25) is 9.67 Å². The van der Waals surface area contributed by atoms with Crippen molar-refractivity contribution in [1.29, 1.82) is 0 Å². The van der Waals surface area contributed by atoms with Gasteiger partial charge in [0, 0.05) is 18.4 Å². The minimum atomic E-state index is -0.280. The molecule has 2 rings (SSSR count).